The number of carbonyl (C=O) groups excluding carboxylic acids is 2. The molecule has 1 unspecified atom stereocenters. The Morgan fingerprint density at radius 1 is 1.25 bits per heavy atom. The van der Waals surface area contributed by atoms with E-state index in [2.05, 4.69) is 6.92 Å². The zero-order chi connectivity index (χ0) is 14.7. The normalized spacial score (nSPS) is 18.6. The minimum atomic E-state index is -0.266. The lowest BCUT2D eigenvalue weighted by atomic mass is 10.00. The summed E-state index contributed by atoms with van der Waals surface area (Å²) in [6, 6.07) is 7.50. The van der Waals surface area contributed by atoms with E-state index in [0.29, 0.717) is 6.54 Å². The predicted molar refractivity (Wildman–Crippen MR) is 79.7 cm³/mol. The monoisotopic (exact) mass is 273 g/mol. The van der Waals surface area contributed by atoms with Crippen LogP contribution in [0, 0.1) is 5.92 Å². The maximum atomic E-state index is 12.6. The van der Waals surface area contributed by atoms with Gasteiger partial charge in [0, 0.05) is 18.0 Å². The first-order valence-electron chi connectivity index (χ1n) is 7.48. The Hall–Kier alpha value is -1.64. The van der Waals surface area contributed by atoms with Gasteiger partial charge in [-0.2, -0.15) is 0 Å². The molecule has 1 aliphatic heterocycles. The Labute approximate surface area is 121 Å². The molecule has 0 aromatic heterocycles. The van der Waals surface area contributed by atoms with Crippen LogP contribution in [0.2, 0.25) is 0 Å². The highest BCUT2D eigenvalue weighted by molar-refractivity contribution is 6.02. The molecular formula is C17H23NO2. The Balaban J connectivity index is 2.16. The first-order valence-corrected chi connectivity index (χ1v) is 7.48. The van der Waals surface area contributed by atoms with Crippen molar-refractivity contribution < 1.29 is 9.59 Å². The largest absolute Gasteiger partial charge is 0.332 e. The molecule has 1 fully saturated rings. The third-order valence-electron chi connectivity index (χ3n) is 3.98. The third-order valence-corrected chi connectivity index (χ3v) is 3.98. The Kier molecular flexibility index (Phi) is 4.58. The predicted octanol–water partition coefficient (Wildman–Crippen LogP) is 3.08. The van der Waals surface area contributed by atoms with Gasteiger partial charge in [0.2, 0.25) is 5.91 Å². The summed E-state index contributed by atoms with van der Waals surface area (Å²) in [6.07, 6.45) is 2.67. The van der Waals surface area contributed by atoms with Crippen molar-refractivity contribution in [3.8, 4) is 0 Å². The van der Waals surface area contributed by atoms with Crippen LogP contribution in [0.25, 0.3) is 0 Å². The van der Waals surface area contributed by atoms with Crippen molar-refractivity contribution in [2.45, 2.75) is 46.1 Å². The second-order valence-corrected chi connectivity index (χ2v) is 5.76. The summed E-state index contributed by atoms with van der Waals surface area (Å²) in [5.74, 6) is 0.121. The molecule has 1 aromatic carbocycles. The fourth-order valence-electron chi connectivity index (χ4n) is 2.73. The first-order chi connectivity index (χ1) is 9.54. The zero-order valence-electron chi connectivity index (χ0n) is 12.6. The van der Waals surface area contributed by atoms with E-state index in [-0.39, 0.29) is 23.7 Å². The standard InChI is InChI=1S/C17H23NO2/c1-4-13-7-9-14(10-8-13)16(19)15-6-5-11-18(15)17(20)12(2)3/h7-10,12,15H,4-6,11H2,1-3H3. The van der Waals surface area contributed by atoms with Gasteiger partial charge in [0.15, 0.2) is 5.78 Å². The molecule has 1 atom stereocenters. The average molecular weight is 273 g/mol. The molecule has 3 heteroatoms. The minimum Gasteiger partial charge on any atom is -0.332 e. The van der Waals surface area contributed by atoms with Crippen molar-refractivity contribution in [3.63, 3.8) is 0 Å². The van der Waals surface area contributed by atoms with Crippen LogP contribution in [-0.4, -0.2) is 29.2 Å². The van der Waals surface area contributed by atoms with Crippen molar-refractivity contribution >= 4 is 11.7 Å². The second kappa shape index (κ2) is 6.21. The lowest BCUT2D eigenvalue weighted by molar-refractivity contribution is -0.134. The molecular weight excluding hydrogens is 250 g/mol. The highest BCUT2D eigenvalue weighted by Gasteiger charge is 2.35. The fraction of sp³-hybridized carbons (Fsp3) is 0.529. The number of amides is 1. The molecule has 0 spiro atoms. The molecule has 0 aliphatic carbocycles. The lowest BCUT2D eigenvalue weighted by Gasteiger charge is -2.25. The number of aryl methyl sites for hydroxylation is 1. The van der Waals surface area contributed by atoms with Gasteiger partial charge in [-0.15, -0.1) is 0 Å². The van der Waals surface area contributed by atoms with Crippen LogP contribution in [0.5, 0.6) is 0 Å². The van der Waals surface area contributed by atoms with Crippen LogP contribution < -0.4 is 0 Å². The van der Waals surface area contributed by atoms with E-state index < -0.39 is 0 Å². The average Bonchev–Trinajstić information content (AvgIpc) is 2.94. The van der Waals surface area contributed by atoms with E-state index >= 15 is 0 Å². The first kappa shape index (κ1) is 14.8. The zero-order valence-corrected chi connectivity index (χ0v) is 12.6. The molecule has 0 radical (unpaired) electrons. The molecule has 1 aromatic rings. The van der Waals surface area contributed by atoms with E-state index in [9.17, 15) is 9.59 Å². The summed E-state index contributed by atoms with van der Waals surface area (Å²) in [5, 5.41) is 0. The lowest BCUT2D eigenvalue weighted by Crippen LogP contribution is -2.42. The van der Waals surface area contributed by atoms with Crippen LogP contribution in [0.3, 0.4) is 0 Å². The molecule has 2 rings (SSSR count). The molecule has 0 N–H and O–H groups in total. The topological polar surface area (TPSA) is 37.4 Å². The number of ketones is 1. The van der Waals surface area contributed by atoms with Crippen LogP contribution in [-0.2, 0) is 11.2 Å². The highest BCUT2D eigenvalue weighted by atomic mass is 16.2. The SMILES string of the molecule is CCc1ccc(C(=O)C2CCCN2C(=O)C(C)C)cc1. The molecule has 1 heterocycles. The number of hydrogen-bond acceptors (Lipinski definition) is 2. The summed E-state index contributed by atoms with van der Waals surface area (Å²) in [4.78, 5) is 26.5. The van der Waals surface area contributed by atoms with Crippen LogP contribution >= 0.6 is 0 Å². The summed E-state index contributed by atoms with van der Waals surface area (Å²) < 4.78 is 0. The van der Waals surface area contributed by atoms with Gasteiger partial charge >= 0.3 is 0 Å². The Morgan fingerprint density at radius 2 is 1.90 bits per heavy atom. The number of hydrogen-bond donors (Lipinski definition) is 0. The maximum Gasteiger partial charge on any atom is 0.225 e. The van der Waals surface area contributed by atoms with Gasteiger partial charge in [0.05, 0.1) is 6.04 Å². The summed E-state index contributed by atoms with van der Waals surface area (Å²) in [5.41, 5.74) is 1.94. The minimum absolute atomic E-state index is 0.0501. The van der Waals surface area contributed by atoms with Crippen molar-refractivity contribution in [2.75, 3.05) is 6.54 Å². The van der Waals surface area contributed by atoms with Gasteiger partial charge in [-0.1, -0.05) is 45.0 Å². The Bertz CT molecular complexity index is 490. The van der Waals surface area contributed by atoms with Crippen molar-refractivity contribution in [1.29, 1.82) is 0 Å². The quantitative estimate of drug-likeness (QED) is 0.791. The number of carbonyl (C=O) groups is 2. The molecule has 108 valence electrons. The highest BCUT2D eigenvalue weighted by Crippen LogP contribution is 2.23. The van der Waals surface area contributed by atoms with E-state index in [4.69, 9.17) is 0 Å². The molecule has 3 nitrogen and oxygen atoms in total. The molecule has 0 saturated carbocycles. The van der Waals surface area contributed by atoms with Crippen molar-refractivity contribution in [1.82, 2.24) is 4.90 Å². The van der Waals surface area contributed by atoms with Crippen LogP contribution in [0.4, 0.5) is 0 Å². The van der Waals surface area contributed by atoms with Crippen LogP contribution in [0.15, 0.2) is 24.3 Å². The fourth-order valence-corrected chi connectivity index (χ4v) is 2.73. The number of Topliss-reactive ketones (excluding diaryl/α,β-unsaturated/α-hetero) is 1. The van der Waals surface area contributed by atoms with Gasteiger partial charge in [0.25, 0.3) is 0 Å². The van der Waals surface area contributed by atoms with Gasteiger partial charge in [0.1, 0.15) is 0 Å². The van der Waals surface area contributed by atoms with Gasteiger partial charge in [-0.05, 0) is 24.8 Å². The second-order valence-electron chi connectivity index (χ2n) is 5.76. The number of rotatable bonds is 4. The van der Waals surface area contributed by atoms with Crippen molar-refractivity contribution in [2.24, 2.45) is 5.92 Å². The van der Waals surface area contributed by atoms with E-state index in [0.717, 1.165) is 24.8 Å². The molecule has 0 bridgehead atoms. The molecule has 1 aliphatic rings. The summed E-state index contributed by atoms with van der Waals surface area (Å²) >= 11 is 0. The van der Waals surface area contributed by atoms with Gasteiger partial charge in [-0.25, -0.2) is 0 Å². The number of benzene rings is 1. The third kappa shape index (κ3) is 2.92. The molecule has 1 amide bonds. The van der Waals surface area contributed by atoms with Gasteiger partial charge < -0.3 is 4.90 Å². The van der Waals surface area contributed by atoms with Crippen LogP contribution in [0.1, 0.15) is 49.5 Å². The van der Waals surface area contributed by atoms with E-state index in [1.165, 1.54) is 5.56 Å². The Morgan fingerprint density at radius 3 is 2.45 bits per heavy atom. The molecule has 20 heavy (non-hydrogen) atoms. The van der Waals surface area contributed by atoms with Gasteiger partial charge in [-0.3, -0.25) is 9.59 Å². The number of likely N-dealkylation sites (tertiary alicyclic amines) is 1. The summed E-state index contributed by atoms with van der Waals surface area (Å²) in [7, 11) is 0. The molecule has 1 saturated heterocycles. The summed E-state index contributed by atoms with van der Waals surface area (Å²) in [6.45, 7) is 6.58. The smallest absolute Gasteiger partial charge is 0.225 e. The van der Waals surface area contributed by atoms with E-state index in [1.807, 2.05) is 38.1 Å². The number of nitrogens with zero attached hydrogens (tertiary/aromatic N) is 1. The maximum absolute atomic E-state index is 12.6. The van der Waals surface area contributed by atoms with Crippen molar-refractivity contribution in [3.05, 3.63) is 35.4 Å². The van der Waals surface area contributed by atoms with E-state index in [1.54, 1.807) is 4.90 Å².